The van der Waals surface area contributed by atoms with Crippen LogP contribution in [0.3, 0.4) is 0 Å². The number of carbonyl (C=O) groups is 1. The molecule has 1 aliphatic rings. The van der Waals surface area contributed by atoms with Gasteiger partial charge in [-0.1, -0.05) is 32.0 Å². The van der Waals surface area contributed by atoms with E-state index in [-0.39, 0.29) is 5.91 Å². The number of nitrogens with zero attached hydrogens (tertiary/aromatic N) is 2. The average molecular weight is 406 g/mol. The number of hydrogen-bond acceptors (Lipinski definition) is 4. The highest BCUT2D eigenvalue weighted by atomic mass is 32.2. The lowest BCUT2D eigenvalue weighted by molar-refractivity contribution is -0.122. The fourth-order valence-corrected chi connectivity index (χ4v) is 4.11. The van der Waals surface area contributed by atoms with Gasteiger partial charge in [0.2, 0.25) is 5.91 Å². The molecule has 1 heterocycles. The van der Waals surface area contributed by atoms with Crippen LogP contribution in [-0.4, -0.2) is 67.8 Å². The number of thioether (sulfide) groups is 1. The third-order valence-electron chi connectivity index (χ3n) is 4.73. The molecule has 1 aromatic rings. The predicted molar refractivity (Wildman–Crippen MR) is 119 cm³/mol. The van der Waals surface area contributed by atoms with Crippen molar-refractivity contribution in [1.29, 1.82) is 0 Å². The first-order valence-corrected chi connectivity index (χ1v) is 11.2. The first-order valence-electron chi connectivity index (χ1n) is 10.3. The molecule has 0 aliphatic carbocycles. The molecule has 1 amide bonds. The molecular formula is C21H35N5OS. The van der Waals surface area contributed by atoms with Crippen LogP contribution < -0.4 is 16.0 Å². The van der Waals surface area contributed by atoms with Gasteiger partial charge >= 0.3 is 0 Å². The molecule has 0 aromatic heterocycles. The van der Waals surface area contributed by atoms with Crippen LogP contribution in [0.5, 0.6) is 0 Å². The highest BCUT2D eigenvalue weighted by Crippen LogP contribution is 2.21. The second-order valence-corrected chi connectivity index (χ2v) is 8.75. The summed E-state index contributed by atoms with van der Waals surface area (Å²) in [5.41, 5.74) is 0. The van der Waals surface area contributed by atoms with E-state index in [1.807, 2.05) is 24.9 Å². The number of rotatable bonds is 9. The lowest BCUT2D eigenvalue weighted by atomic mass is 10.1. The Hall–Kier alpha value is -1.73. The first kappa shape index (κ1) is 22.6. The van der Waals surface area contributed by atoms with Crippen LogP contribution in [0.15, 0.2) is 40.2 Å². The molecule has 0 bridgehead atoms. The largest absolute Gasteiger partial charge is 0.355 e. The third-order valence-corrected chi connectivity index (χ3v) is 5.84. The van der Waals surface area contributed by atoms with Crippen LogP contribution in [-0.2, 0) is 4.79 Å². The molecular weight excluding hydrogens is 370 g/mol. The topological polar surface area (TPSA) is 68.8 Å². The minimum absolute atomic E-state index is 0.135. The smallest absolute Gasteiger partial charge is 0.234 e. The average Bonchev–Trinajstić information content (AvgIpc) is 2.71. The van der Waals surface area contributed by atoms with Crippen molar-refractivity contribution in [3.63, 3.8) is 0 Å². The molecule has 156 valence electrons. The summed E-state index contributed by atoms with van der Waals surface area (Å²) in [7, 11) is 1.82. The standard InChI is InChI=1S/C21H35N5OS/c1-4-12-23-20(27)16-26-13-10-18(11-14-26)25-21(22-3)24-15-17(2)28-19-8-6-5-7-9-19/h5-9,17-18H,4,10-16H2,1-3H3,(H,23,27)(H2,22,24,25). The lowest BCUT2D eigenvalue weighted by Gasteiger charge is -2.32. The molecule has 1 fully saturated rings. The van der Waals surface area contributed by atoms with Gasteiger partial charge in [-0.15, -0.1) is 11.8 Å². The van der Waals surface area contributed by atoms with Gasteiger partial charge in [0.05, 0.1) is 6.54 Å². The zero-order chi connectivity index (χ0) is 20.2. The number of carbonyl (C=O) groups excluding carboxylic acids is 1. The fraction of sp³-hybridized carbons (Fsp3) is 0.619. The monoisotopic (exact) mass is 405 g/mol. The molecule has 0 saturated carbocycles. The molecule has 1 saturated heterocycles. The molecule has 0 spiro atoms. The first-order chi connectivity index (χ1) is 13.6. The van der Waals surface area contributed by atoms with E-state index in [1.165, 1.54) is 4.90 Å². The van der Waals surface area contributed by atoms with Gasteiger partial charge in [-0.3, -0.25) is 14.7 Å². The van der Waals surface area contributed by atoms with Crippen molar-refractivity contribution >= 4 is 23.6 Å². The van der Waals surface area contributed by atoms with Crippen LogP contribution in [0, 0.1) is 0 Å². The maximum atomic E-state index is 11.9. The highest BCUT2D eigenvalue weighted by molar-refractivity contribution is 8.00. The predicted octanol–water partition coefficient (Wildman–Crippen LogP) is 2.32. The fourth-order valence-electron chi connectivity index (χ4n) is 3.16. The van der Waals surface area contributed by atoms with Crippen molar-refractivity contribution in [2.75, 3.05) is 39.8 Å². The number of amides is 1. The molecule has 0 radical (unpaired) electrons. The van der Waals surface area contributed by atoms with Gasteiger partial charge in [-0.25, -0.2) is 0 Å². The summed E-state index contributed by atoms with van der Waals surface area (Å²) in [6.45, 7) is 8.30. The summed E-state index contributed by atoms with van der Waals surface area (Å²) in [5, 5.41) is 10.4. The molecule has 2 rings (SSSR count). The Morgan fingerprint density at radius 1 is 1.25 bits per heavy atom. The van der Waals surface area contributed by atoms with Gasteiger partial charge in [0.15, 0.2) is 5.96 Å². The summed E-state index contributed by atoms with van der Waals surface area (Å²) in [6, 6.07) is 10.9. The summed E-state index contributed by atoms with van der Waals surface area (Å²) in [5.74, 6) is 0.996. The SMILES string of the molecule is CCCNC(=O)CN1CCC(NC(=NC)NCC(C)Sc2ccccc2)CC1. The Labute approximate surface area is 173 Å². The molecule has 1 atom stereocenters. The van der Waals surface area contributed by atoms with Gasteiger partial charge in [0.1, 0.15) is 0 Å². The number of piperidine rings is 1. The summed E-state index contributed by atoms with van der Waals surface area (Å²) >= 11 is 1.86. The molecule has 1 unspecified atom stereocenters. The van der Waals surface area contributed by atoms with Crippen molar-refractivity contribution in [2.45, 2.75) is 49.3 Å². The Morgan fingerprint density at radius 3 is 2.61 bits per heavy atom. The normalized spacial score (nSPS) is 17.2. The number of nitrogens with one attached hydrogen (secondary N) is 3. The second-order valence-electron chi connectivity index (χ2n) is 7.24. The van der Waals surface area contributed by atoms with Crippen molar-refractivity contribution in [1.82, 2.24) is 20.9 Å². The zero-order valence-electron chi connectivity index (χ0n) is 17.4. The number of likely N-dealkylation sites (tertiary alicyclic amines) is 1. The van der Waals surface area contributed by atoms with Gasteiger partial charge in [0.25, 0.3) is 0 Å². The Morgan fingerprint density at radius 2 is 1.96 bits per heavy atom. The Balaban J connectivity index is 1.66. The van der Waals surface area contributed by atoms with Crippen LogP contribution in [0.2, 0.25) is 0 Å². The third kappa shape index (κ3) is 8.52. The Bertz CT molecular complexity index is 602. The van der Waals surface area contributed by atoms with Crippen LogP contribution in [0.4, 0.5) is 0 Å². The van der Waals surface area contributed by atoms with Crippen molar-refractivity contribution < 1.29 is 4.79 Å². The van der Waals surface area contributed by atoms with E-state index in [0.29, 0.717) is 17.8 Å². The Kier molecular flexibility index (Phi) is 10.2. The van der Waals surface area contributed by atoms with Crippen molar-refractivity contribution in [2.24, 2.45) is 4.99 Å². The quantitative estimate of drug-likeness (QED) is 0.334. The van der Waals surface area contributed by atoms with E-state index in [1.54, 1.807) is 0 Å². The number of guanidine groups is 1. The van der Waals surface area contributed by atoms with E-state index in [2.05, 4.69) is 64.0 Å². The maximum absolute atomic E-state index is 11.9. The second kappa shape index (κ2) is 12.7. The van der Waals surface area contributed by atoms with Crippen molar-refractivity contribution in [3.05, 3.63) is 30.3 Å². The van der Waals surface area contributed by atoms with Gasteiger partial charge < -0.3 is 16.0 Å². The minimum Gasteiger partial charge on any atom is -0.355 e. The minimum atomic E-state index is 0.135. The summed E-state index contributed by atoms with van der Waals surface area (Å²) < 4.78 is 0. The van der Waals surface area contributed by atoms with Crippen LogP contribution in [0.25, 0.3) is 0 Å². The molecule has 1 aliphatic heterocycles. The molecule has 7 heteroatoms. The summed E-state index contributed by atoms with van der Waals surface area (Å²) in [4.78, 5) is 19.7. The van der Waals surface area contributed by atoms with E-state index >= 15 is 0 Å². The zero-order valence-corrected chi connectivity index (χ0v) is 18.2. The van der Waals surface area contributed by atoms with Crippen LogP contribution >= 0.6 is 11.8 Å². The van der Waals surface area contributed by atoms with Gasteiger partial charge in [-0.05, 0) is 31.4 Å². The molecule has 28 heavy (non-hydrogen) atoms. The van der Waals surface area contributed by atoms with E-state index in [9.17, 15) is 4.79 Å². The lowest BCUT2D eigenvalue weighted by Crippen LogP contribution is -2.50. The van der Waals surface area contributed by atoms with Gasteiger partial charge in [0, 0.05) is 49.4 Å². The number of aliphatic imine (C=N–C) groups is 1. The van der Waals surface area contributed by atoms with E-state index in [0.717, 1.165) is 51.4 Å². The highest BCUT2D eigenvalue weighted by Gasteiger charge is 2.21. The number of benzene rings is 1. The molecule has 6 nitrogen and oxygen atoms in total. The number of hydrogen-bond donors (Lipinski definition) is 3. The van der Waals surface area contributed by atoms with Crippen LogP contribution in [0.1, 0.15) is 33.1 Å². The maximum Gasteiger partial charge on any atom is 0.234 e. The summed E-state index contributed by atoms with van der Waals surface area (Å²) in [6.07, 6.45) is 3.03. The van der Waals surface area contributed by atoms with E-state index < -0.39 is 0 Å². The van der Waals surface area contributed by atoms with E-state index in [4.69, 9.17) is 0 Å². The molecule has 1 aromatic carbocycles. The van der Waals surface area contributed by atoms with Crippen molar-refractivity contribution in [3.8, 4) is 0 Å². The van der Waals surface area contributed by atoms with Gasteiger partial charge in [-0.2, -0.15) is 0 Å². The molecule has 3 N–H and O–H groups in total.